The van der Waals surface area contributed by atoms with E-state index in [1.807, 2.05) is 0 Å². The van der Waals surface area contributed by atoms with Crippen molar-refractivity contribution in [2.45, 2.75) is 0 Å². The fourth-order valence-corrected chi connectivity index (χ4v) is 1.93. The average molecular weight is 267 g/mol. The summed E-state index contributed by atoms with van der Waals surface area (Å²) in [5.41, 5.74) is 0. The van der Waals surface area contributed by atoms with Crippen molar-refractivity contribution in [2.75, 3.05) is 0 Å². The van der Waals surface area contributed by atoms with Crippen LogP contribution in [0.15, 0.2) is 9.08 Å². The highest BCUT2D eigenvalue weighted by Crippen LogP contribution is 2.28. The van der Waals surface area contributed by atoms with Crippen LogP contribution in [0.1, 0.15) is 4.88 Å². The lowest BCUT2D eigenvalue weighted by Gasteiger charge is -1.79. The molecule has 0 unspecified atom stereocenters. The smallest absolute Gasteiger partial charge is 0.135 e. The molecule has 0 saturated heterocycles. The van der Waals surface area contributed by atoms with Gasteiger partial charge in [-0.3, -0.25) is 0 Å². The molecule has 0 aliphatic rings. The number of halogens is 2. The first-order valence-corrected chi connectivity index (χ1v) is 4.39. The van der Waals surface area contributed by atoms with Crippen LogP contribution >= 0.6 is 43.4 Å². The Hall–Kier alpha value is 0.150. The average Bonchev–Trinajstić information content (AvgIpc) is 2.15. The van der Waals surface area contributed by atoms with Gasteiger partial charge in [0, 0.05) is 0 Å². The number of terminal acetylenes is 1. The minimum atomic E-state index is 0.778. The first-order chi connectivity index (χ1) is 4.25. The Balaban J connectivity index is 3.24. The Bertz CT molecular complexity index is 260. The van der Waals surface area contributed by atoms with E-state index in [1.165, 1.54) is 11.5 Å². The fourth-order valence-electron chi connectivity index (χ4n) is 0.349. The van der Waals surface area contributed by atoms with E-state index >= 15 is 0 Å². The SMILES string of the molecule is C#Cc1snc(Br)c1Br. The zero-order valence-corrected chi connectivity index (χ0v) is 8.18. The van der Waals surface area contributed by atoms with Gasteiger partial charge in [-0.1, -0.05) is 5.92 Å². The van der Waals surface area contributed by atoms with Crippen molar-refractivity contribution in [3.05, 3.63) is 14.0 Å². The Labute approximate surface area is 73.9 Å². The van der Waals surface area contributed by atoms with E-state index in [-0.39, 0.29) is 0 Å². The van der Waals surface area contributed by atoms with Crippen LogP contribution in [-0.2, 0) is 0 Å². The van der Waals surface area contributed by atoms with Crippen LogP contribution in [0.5, 0.6) is 0 Å². The largest absolute Gasteiger partial charge is 0.183 e. The maximum Gasteiger partial charge on any atom is 0.135 e. The molecule has 0 fully saturated rings. The second-order valence-corrected chi connectivity index (χ2v) is 3.58. The lowest BCUT2D eigenvalue weighted by molar-refractivity contribution is 1.47. The lowest BCUT2D eigenvalue weighted by atomic mass is 10.5. The minimum absolute atomic E-state index is 0.778. The second-order valence-electron chi connectivity index (χ2n) is 1.26. The van der Waals surface area contributed by atoms with Crippen LogP contribution in [0.2, 0.25) is 0 Å². The van der Waals surface area contributed by atoms with Gasteiger partial charge in [0.15, 0.2) is 0 Å². The topological polar surface area (TPSA) is 12.9 Å². The highest BCUT2D eigenvalue weighted by Gasteiger charge is 2.04. The van der Waals surface area contributed by atoms with Crippen molar-refractivity contribution in [1.29, 1.82) is 0 Å². The molecule has 1 aromatic heterocycles. The molecule has 0 spiro atoms. The van der Waals surface area contributed by atoms with Crippen LogP contribution < -0.4 is 0 Å². The number of nitrogens with zero attached hydrogens (tertiary/aromatic N) is 1. The van der Waals surface area contributed by atoms with E-state index in [4.69, 9.17) is 6.42 Å². The Morgan fingerprint density at radius 3 is 2.44 bits per heavy atom. The van der Waals surface area contributed by atoms with Gasteiger partial charge < -0.3 is 0 Å². The molecule has 1 heterocycles. The zero-order chi connectivity index (χ0) is 6.85. The van der Waals surface area contributed by atoms with Gasteiger partial charge in [0.2, 0.25) is 0 Å². The number of rotatable bonds is 0. The third kappa shape index (κ3) is 1.34. The van der Waals surface area contributed by atoms with Crippen LogP contribution in [-0.4, -0.2) is 4.37 Å². The highest BCUT2D eigenvalue weighted by atomic mass is 79.9. The summed E-state index contributed by atoms with van der Waals surface area (Å²) in [6.07, 6.45) is 5.13. The molecule has 0 radical (unpaired) electrons. The molecule has 0 aromatic carbocycles. The molecule has 0 saturated carbocycles. The predicted molar refractivity (Wildman–Crippen MR) is 45.4 cm³/mol. The van der Waals surface area contributed by atoms with Crippen molar-refractivity contribution in [3.8, 4) is 12.3 Å². The van der Waals surface area contributed by atoms with E-state index in [9.17, 15) is 0 Å². The van der Waals surface area contributed by atoms with Gasteiger partial charge >= 0.3 is 0 Å². The molecule has 0 aliphatic carbocycles. The zero-order valence-electron chi connectivity index (χ0n) is 4.19. The van der Waals surface area contributed by atoms with Crippen LogP contribution in [0.4, 0.5) is 0 Å². The second kappa shape index (κ2) is 2.82. The van der Waals surface area contributed by atoms with Gasteiger partial charge in [0.05, 0.1) is 4.47 Å². The minimum Gasteiger partial charge on any atom is -0.183 e. The molecule has 0 N–H and O–H groups in total. The Morgan fingerprint density at radius 1 is 1.56 bits per heavy atom. The van der Waals surface area contributed by atoms with Crippen molar-refractivity contribution in [3.63, 3.8) is 0 Å². The summed E-state index contributed by atoms with van der Waals surface area (Å²) < 4.78 is 5.60. The molecule has 1 aromatic rings. The molecule has 0 amide bonds. The maximum atomic E-state index is 5.13. The molecule has 0 bridgehead atoms. The Morgan fingerprint density at radius 2 is 2.22 bits per heavy atom. The predicted octanol–water partition coefficient (Wildman–Crippen LogP) is 2.65. The monoisotopic (exact) mass is 265 g/mol. The third-order valence-corrected chi connectivity index (χ3v) is 3.88. The third-order valence-electron chi connectivity index (χ3n) is 0.729. The van der Waals surface area contributed by atoms with E-state index in [0.29, 0.717) is 0 Å². The molecule has 46 valence electrons. The van der Waals surface area contributed by atoms with Gasteiger partial charge in [-0.15, -0.1) is 6.42 Å². The van der Waals surface area contributed by atoms with Gasteiger partial charge in [-0.25, -0.2) is 0 Å². The molecule has 1 rings (SSSR count). The summed E-state index contributed by atoms with van der Waals surface area (Å²) in [4.78, 5) is 0.821. The van der Waals surface area contributed by atoms with Crippen LogP contribution in [0.3, 0.4) is 0 Å². The molecule has 0 atom stereocenters. The Kier molecular flexibility index (Phi) is 2.28. The molecule has 4 heteroatoms. The maximum absolute atomic E-state index is 5.13. The first kappa shape index (κ1) is 7.26. The molecular weight excluding hydrogens is 266 g/mol. The van der Waals surface area contributed by atoms with Gasteiger partial charge in [-0.05, 0) is 43.4 Å². The standard InChI is InChI=1S/C5HBr2NS/c1-2-3-4(6)5(7)8-9-3/h1H. The van der Waals surface area contributed by atoms with Crippen LogP contribution in [0.25, 0.3) is 0 Å². The molecule has 0 aliphatic heterocycles. The molecule has 1 nitrogen and oxygen atoms in total. The summed E-state index contributed by atoms with van der Waals surface area (Å²) in [5, 5.41) is 0. The fraction of sp³-hybridized carbons (Fsp3) is 0. The molecule has 9 heavy (non-hydrogen) atoms. The molecular formula is C5HBr2NS. The van der Waals surface area contributed by atoms with Gasteiger partial charge in [-0.2, -0.15) is 4.37 Å². The number of hydrogen-bond acceptors (Lipinski definition) is 2. The number of hydrogen-bond donors (Lipinski definition) is 0. The number of aromatic nitrogens is 1. The van der Waals surface area contributed by atoms with Crippen molar-refractivity contribution >= 4 is 43.4 Å². The quantitative estimate of drug-likeness (QED) is 0.658. The summed E-state index contributed by atoms with van der Waals surface area (Å²) in [6.45, 7) is 0. The summed E-state index contributed by atoms with van der Waals surface area (Å²) in [6, 6.07) is 0. The van der Waals surface area contributed by atoms with E-state index in [2.05, 4.69) is 42.2 Å². The van der Waals surface area contributed by atoms with E-state index in [1.54, 1.807) is 0 Å². The lowest BCUT2D eigenvalue weighted by Crippen LogP contribution is -1.62. The van der Waals surface area contributed by atoms with Gasteiger partial charge in [0.25, 0.3) is 0 Å². The van der Waals surface area contributed by atoms with Crippen molar-refractivity contribution in [1.82, 2.24) is 4.37 Å². The highest BCUT2D eigenvalue weighted by molar-refractivity contribution is 9.13. The van der Waals surface area contributed by atoms with Crippen LogP contribution in [0, 0.1) is 12.3 Å². The summed E-state index contributed by atoms with van der Waals surface area (Å²) >= 11 is 7.78. The van der Waals surface area contributed by atoms with Gasteiger partial charge in [0.1, 0.15) is 9.48 Å². The first-order valence-electron chi connectivity index (χ1n) is 2.03. The normalized spacial score (nSPS) is 9.00. The summed E-state index contributed by atoms with van der Waals surface area (Å²) in [5.74, 6) is 2.50. The van der Waals surface area contributed by atoms with E-state index in [0.717, 1.165) is 14.0 Å². The summed E-state index contributed by atoms with van der Waals surface area (Å²) in [7, 11) is 0. The van der Waals surface area contributed by atoms with Crippen molar-refractivity contribution < 1.29 is 0 Å². The van der Waals surface area contributed by atoms with E-state index < -0.39 is 0 Å². The van der Waals surface area contributed by atoms with Crippen molar-refractivity contribution in [2.24, 2.45) is 0 Å².